The second kappa shape index (κ2) is 11.8. The van der Waals surface area contributed by atoms with E-state index in [2.05, 4.69) is 79.7 Å². The minimum Gasteiger partial charge on any atom is -0.322 e. The number of H-pyrrole nitrogens is 1. The summed E-state index contributed by atoms with van der Waals surface area (Å²) in [6, 6.07) is 19.2. The van der Waals surface area contributed by atoms with Gasteiger partial charge < -0.3 is 4.98 Å². The second-order valence-corrected chi connectivity index (χ2v) is 11.1. The van der Waals surface area contributed by atoms with Gasteiger partial charge in [0.25, 0.3) is 5.56 Å². The highest BCUT2D eigenvalue weighted by Crippen LogP contribution is 2.30. The highest BCUT2D eigenvalue weighted by molar-refractivity contribution is 5.80. The van der Waals surface area contributed by atoms with Gasteiger partial charge in [-0.1, -0.05) is 62.6 Å². The first-order chi connectivity index (χ1) is 19.2. The van der Waals surface area contributed by atoms with Crippen LogP contribution < -0.4 is 5.56 Å². The molecule has 3 heterocycles. The Hall–Kier alpha value is -3.36. The lowest BCUT2D eigenvalue weighted by atomic mass is 9.93. The van der Waals surface area contributed by atoms with E-state index in [-0.39, 0.29) is 11.6 Å². The van der Waals surface area contributed by atoms with Gasteiger partial charge in [0, 0.05) is 49.8 Å². The minimum atomic E-state index is -0.303. The summed E-state index contributed by atoms with van der Waals surface area (Å²) in [6.07, 6.45) is 8.46. The molecule has 1 aliphatic heterocycles. The zero-order valence-corrected chi connectivity index (χ0v) is 22.9. The molecule has 1 aliphatic carbocycles. The second-order valence-electron chi connectivity index (χ2n) is 11.1. The summed E-state index contributed by atoms with van der Waals surface area (Å²) in [5.41, 5.74) is 4.02. The number of hydrogen-bond donors (Lipinski definition) is 1. The number of rotatable bonds is 8. The fraction of sp³-hybridized carbons (Fsp3) is 0.484. The van der Waals surface area contributed by atoms with Crippen LogP contribution in [-0.4, -0.2) is 67.2 Å². The molecule has 0 bridgehead atoms. The van der Waals surface area contributed by atoms with Crippen molar-refractivity contribution >= 4 is 10.9 Å². The van der Waals surface area contributed by atoms with E-state index in [1.54, 1.807) is 0 Å². The molecule has 1 atom stereocenters. The van der Waals surface area contributed by atoms with Crippen LogP contribution in [0.3, 0.4) is 0 Å². The number of tetrazole rings is 1. The van der Waals surface area contributed by atoms with Crippen molar-refractivity contribution in [2.24, 2.45) is 0 Å². The number of aromatic amines is 1. The summed E-state index contributed by atoms with van der Waals surface area (Å²) in [6.45, 7) is 6.62. The van der Waals surface area contributed by atoms with Gasteiger partial charge in [-0.15, -0.1) is 5.10 Å². The van der Waals surface area contributed by atoms with Gasteiger partial charge in [0.1, 0.15) is 6.04 Å². The van der Waals surface area contributed by atoms with Gasteiger partial charge in [0.2, 0.25) is 0 Å². The lowest BCUT2D eigenvalue weighted by Gasteiger charge is -2.43. The molecule has 39 heavy (non-hydrogen) atoms. The summed E-state index contributed by atoms with van der Waals surface area (Å²) in [5, 5.41) is 14.1. The molecule has 4 aromatic rings. The smallest absolute Gasteiger partial charge is 0.253 e. The first kappa shape index (κ1) is 25.9. The molecule has 0 amide bonds. The van der Waals surface area contributed by atoms with Gasteiger partial charge in [0.15, 0.2) is 5.82 Å². The predicted octanol–water partition coefficient (Wildman–Crippen LogP) is 4.36. The quantitative estimate of drug-likeness (QED) is 0.368. The van der Waals surface area contributed by atoms with Crippen LogP contribution in [0.15, 0.2) is 59.4 Å². The van der Waals surface area contributed by atoms with Gasteiger partial charge in [-0.05, 0) is 70.8 Å². The highest BCUT2D eigenvalue weighted by atomic mass is 16.1. The van der Waals surface area contributed by atoms with Crippen molar-refractivity contribution in [3.8, 4) is 0 Å². The van der Waals surface area contributed by atoms with Gasteiger partial charge in [0.05, 0.1) is 0 Å². The van der Waals surface area contributed by atoms with E-state index in [0.29, 0.717) is 12.6 Å². The maximum atomic E-state index is 13.6. The Balaban J connectivity index is 1.34. The van der Waals surface area contributed by atoms with Crippen molar-refractivity contribution in [3.05, 3.63) is 87.5 Å². The topological polar surface area (TPSA) is 82.9 Å². The number of aromatic nitrogens is 5. The number of fused-ring (bicyclic) bond motifs is 1. The highest BCUT2D eigenvalue weighted by Gasteiger charge is 2.34. The molecule has 2 aromatic heterocycles. The van der Waals surface area contributed by atoms with Crippen molar-refractivity contribution in [3.63, 3.8) is 0 Å². The van der Waals surface area contributed by atoms with Crippen LogP contribution in [0.4, 0.5) is 0 Å². The number of aryl methyl sites for hydroxylation is 3. The summed E-state index contributed by atoms with van der Waals surface area (Å²) >= 11 is 0. The average molecular weight is 526 g/mol. The molecule has 1 unspecified atom stereocenters. The monoisotopic (exact) mass is 525 g/mol. The van der Waals surface area contributed by atoms with E-state index in [4.69, 9.17) is 0 Å². The van der Waals surface area contributed by atoms with E-state index >= 15 is 0 Å². The zero-order chi connectivity index (χ0) is 26.6. The SMILES string of the molecule is CCc1ccc2[nH]c(=O)c(C(c3nnnn3CCc3ccccc3)N3CCN(C4CCCCC4)CC3)cc2c1. The van der Waals surface area contributed by atoms with Crippen LogP contribution in [0.5, 0.6) is 0 Å². The van der Waals surface area contributed by atoms with Crippen LogP contribution in [0.1, 0.15) is 67.6 Å². The average Bonchev–Trinajstić information content (AvgIpc) is 3.45. The number of pyridine rings is 1. The van der Waals surface area contributed by atoms with Crippen molar-refractivity contribution in [2.75, 3.05) is 26.2 Å². The first-order valence-electron chi connectivity index (χ1n) is 14.6. The Morgan fingerprint density at radius 3 is 2.51 bits per heavy atom. The Bertz CT molecular complexity index is 1430. The molecule has 2 fully saturated rings. The fourth-order valence-corrected chi connectivity index (χ4v) is 6.45. The Labute approximate surface area is 230 Å². The molecule has 8 heteroatoms. The summed E-state index contributed by atoms with van der Waals surface area (Å²) in [7, 11) is 0. The Morgan fingerprint density at radius 2 is 1.74 bits per heavy atom. The van der Waals surface area contributed by atoms with E-state index in [0.717, 1.165) is 61.3 Å². The van der Waals surface area contributed by atoms with Gasteiger partial charge in [-0.3, -0.25) is 14.6 Å². The maximum absolute atomic E-state index is 13.6. The number of nitrogens with one attached hydrogen (secondary N) is 1. The number of piperazine rings is 1. The molecule has 0 radical (unpaired) electrons. The molecule has 1 N–H and O–H groups in total. The molecule has 2 aromatic carbocycles. The van der Waals surface area contributed by atoms with Crippen molar-refractivity contribution < 1.29 is 0 Å². The Kier molecular flexibility index (Phi) is 7.83. The maximum Gasteiger partial charge on any atom is 0.253 e. The lowest BCUT2D eigenvalue weighted by Crippen LogP contribution is -2.52. The fourth-order valence-electron chi connectivity index (χ4n) is 6.45. The van der Waals surface area contributed by atoms with Crippen molar-refractivity contribution in [1.29, 1.82) is 0 Å². The predicted molar refractivity (Wildman–Crippen MR) is 154 cm³/mol. The van der Waals surface area contributed by atoms with Gasteiger partial charge in [-0.2, -0.15) is 0 Å². The molecule has 1 saturated heterocycles. The Morgan fingerprint density at radius 1 is 0.949 bits per heavy atom. The summed E-state index contributed by atoms with van der Waals surface area (Å²) in [4.78, 5) is 21.8. The van der Waals surface area contributed by atoms with Crippen molar-refractivity contribution in [1.82, 2.24) is 35.0 Å². The zero-order valence-electron chi connectivity index (χ0n) is 22.9. The minimum absolute atomic E-state index is 0.0657. The van der Waals surface area contributed by atoms with Gasteiger partial charge >= 0.3 is 0 Å². The molecule has 6 rings (SSSR count). The molecule has 2 aliphatic rings. The third-order valence-electron chi connectivity index (χ3n) is 8.70. The summed E-state index contributed by atoms with van der Waals surface area (Å²) in [5.74, 6) is 0.744. The molecule has 1 saturated carbocycles. The molecule has 0 spiro atoms. The van der Waals surface area contributed by atoms with E-state index in [1.165, 1.54) is 43.2 Å². The largest absolute Gasteiger partial charge is 0.322 e. The normalized spacial score (nSPS) is 18.5. The van der Waals surface area contributed by atoms with Crippen LogP contribution >= 0.6 is 0 Å². The molecular formula is C31H39N7O. The van der Waals surface area contributed by atoms with Crippen molar-refractivity contribution in [2.45, 2.75) is 70.5 Å². The number of nitrogens with zero attached hydrogens (tertiary/aromatic N) is 6. The summed E-state index contributed by atoms with van der Waals surface area (Å²) < 4.78 is 1.90. The van der Waals surface area contributed by atoms with E-state index < -0.39 is 0 Å². The third kappa shape index (κ3) is 5.68. The van der Waals surface area contributed by atoms with Crippen LogP contribution in [0, 0.1) is 0 Å². The molecule has 204 valence electrons. The van der Waals surface area contributed by atoms with Gasteiger partial charge in [-0.25, -0.2) is 4.68 Å². The molecule has 8 nitrogen and oxygen atoms in total. The lowest BCUT2D eigenvalue weighted by molar-refractivity contribution is 0.0617. The number of benzene rings is 2. The third-order valence-corrected chi connectivity index (χ3v) is 8.70. The van der Waals surface area contributed by atoms with E-state index in [9.17, 15) is 4.79 Å². The number of hydrogen-bond acceptors (Lipinski definition) is 6. The van der Waals surface area contributed by atoms with Crippen LogP contribution in [0.2, 0.25) is 0 Å². The van der Waals surface area contributed by atoms with Crippen LogP contribution in [-0.2, 0) is 19.4 Å². The van der Waals surface area contributed by atoms with Crippen LogP contribution in [0.25, 0.3) is 10.9 Å². The standard InChI is InChI=1S/C31H39N7O/c1-2-23-13-14-28-25(21-23)22-27(31(39)32-28)29(37-19-17-36(18-20-37)26-11-7-4-8-12-26)30-33-34-35-38(30)16-15-24-9-5-3-6-10-24/h3,5-6,9-10,13-14,21-22,26,29H,2,4,7-8,11-12,15-20H2,1H3,(H,32,39). The molecular weight excluding hydrogens is 486 g/mol. The van der Waals surface area contributed by atoms with E-state index in [1.807, 2.05) is 16.8 Å². The first-order valence-corrected chi connectivity index (χ1v) is 14.6.